The number of hydrogen-bond donors (Lipinski definition) is 0. The van der Waals surface area contributed by atoms with Crippen LogP contribution in [0, 0.1) is 0 Å². The third kappa shape index (κ3) is 2.80. The van der Waals surface area contributed by atoms with Gasteiger partial charge in [-0.25, -0.2) is 4.98 Å². The second-order valence-electron chi connectivity index (χ2n) is 6.46. The van der Waals surface area contributed by atoms with Crippen LogP contribution in [-0.2, 0) is 6.54 Å². The van der Waals surface area contributed by atoms with Crippen molar-refractivity contribution in [3.63, 3.8) is 0 Å². The van der Waals surface area contributed by atoms with E-state index >= 15 is 0 Å². The molecule has 4 rings (SSSR count). The maximum atomic E-state index is 6.19. The van der Waals surface area contributed by atoms with Gasteiger partial charge in [-0.2, -0.15) is 0 Å². The van der Waals surface area contributed by atoms with E-state index in [-0.39, 0.29) is 5.92 Å². The van der Waals surface area contributed by atoms with E-state index in [0.717, 1.165) is 34.1 Å². The molecule has 0 saturated carbocycles. The Morgan fingerprint density at radius 1 is 1.19 bits per heavy atom. The number of fused-ring (bicyclic) bond motifs is 3. The van der Waals surface area contributed by atoms with E-state index in [4.69, 9.17) is 21.1 Å². The van der Waals surface area contributed by atoms with Crippen LogP contribution >= 0.6 is 11.6 Å². The van der Waals surface area contributed by atoms with Gasteiger partial charge in [-0.05, 0) is 24.3 Å². The van der Waals surface area contributed by atoms with Gasteiger partial charge >= 0.3 is 0 Å². The number of methoxy groups -OCH3 is 1. The van der Waals surface area contributed by atoms with E-state index in [0.29, 0.717) is 24.1 Å². The van der Waals surface area contributed by atoms with Gasteiger partial charge in [0, 0.05) is 28.3 Å². The van der Waals surface area contributed by atoms with Crippen LogP contribution in [0.1, 0.15) is 25.6 Å². The van der Waals surface area contributed by atoms with Crippen molar-refractivity contribution in [2.24, 2.45) is 0 Å². The van der Waals surface area contributed by atoms with E-state index in [1.54, 1.807) is 19.4 Å². The number of pyridine rings is 1. The van der Waals surface area contributed by atoms with Crippen LogP contribution in [0.2, 0.25) is 5.02 Å². The Morgan fingerprint density at radius 2 is 2.04 bits per heavy atom. The van der Waals surface area contributed by atoms with Crippen molar-refractivity contribution in [2.75, 3.05) is 13.7 Å². The Hall–Kier alpha value is -2.60. The predicted octanol–water partition coefficient (Wildman–Crippen LogP) is 4.18. The van der Waals surface area contributed by atoms with Crippen LogP contribution in [0.3, 0.4) is 0 Å². The molecule has 134 valence electrons. The molecule has 0 bridgehead atoms. The molecule has 0 radical (unpaired) electrons. The van der Waals surface area contributed by atoms with Crippen molar-refractivity contribution in [3.8, 4) is 34.1 Å². The first-order valence-corrected chi connectivity index (χ1v) is 8.86. The van der Waals surface area contributed by atoms with Gasteiger partial charge in [0.1, 0.15) is 18.2 Å². The number of benzene rings is 1. The van der Waals surface area contributed by atoms with Crippen molar-refractivity contribution in [1.82, 2.24) is 19.7 Å². The lowest BCUT2D eigenvalue weighted by Crippen LogP contribution is -2.10. The Labute approximate surface area is 156 Å². The van der Waals surface area contributed by atoms with Gasteiger partial charge < -0.3 is 14.0 Å². The van der Waals surface area contributed by atoms with E-state index in [9.17, 15) is 0 Å². The molecule has 0 saturated heterocycles. The molecule has 0 N–H and O–H groups in total. The fraction of sp³-hybridized carbons (Fsp3) is 0.316. The van der Waals surface area contributed by atoms with Crippen LogP contribution in [0.25, 0.3) is 22.5 Å². The molecular weight excluding hydrogens is 352 g/mol. The number of hydrogen-bond acceptors (Lipinski definition) is 5. The largest absolute Gasteiger partial charge is 0.496 e. The SMILES string of the molecule is COc1ccc(Cl)cc1-c1cnc2c(c1)-c1nnc(C(C)C)n1CCO2. The summed E-state index contributed by atoms with van der Waals surface area (Å²) in [6.07, 6.45) is 1.77. The minimum absolute atomic E-state index is 0.280. The highest BCUT2D eigenvalue weighted by Crippen LogP contribution is 2.38. The lowest BCUT2D eigenvalue weighted by atomic mass is 10.0. The third-order valence-corrected chi connectivity index (χ3v) is 4.65. The third-order valence-electron chi connectivity index (χ3n) is 4.41. The Balaban J connectivity index is 1.89. The van der Waals surface area contributed by atoms with Gasteiger partial charge in [0.05, 0.1) is 19.2 Å². The molecule has 0 unspecified atom stereocenters. The first kappa shape index (κ1) is 16.8. The van der Waals surface area contributed by atoms with Gasteiger partial charge in [0.2, 0.25) is 5.88 Å². The van der Waals surface area contributed by atoms with Crippen LogP contribution in [0.15, 0.2) is 30.5 Å². The van der Waals surface area contributed by atoms with Gasteiger partial charge in [0.25, 0.3) is 0 Å². The summed E-state index contributed by atoms with van der Waals surface area (Å²) in [6, 6.07) is 7.52. The minimum Gasteiger partial charge on any atom is -0.496 e. The topological polar surface area (TPSA) is 62.1 Å². The fourth-order valence-corrected chi connectivity index (χ4v) is 3.35. The summed E-state index contributed by atoms with van der Waals surface area (Å²) in [5.74, 6) is 3.30. The first-order valence-electron chi connectivity index (χ1n) is 8.48. The molecule has 2 aromatic heterocycles. The molecule has 26 heavy (non-hydrogen) atoms. The van der Waals surface area contributed by atoms with Crippen LogP contribution in [0.5, 0.6) is 11.6 Å². The zero-order valence-electron chi connectivity index (χ0n) is 14.9. The lowest BCUT2D eigenvalue weighted by Gasteiger charge is -2.11. The average molecular weight is 371 g/mol. The highest BCUT2D eigenvalue weighted by atomic mass is 35.5. The second-order valence-corrected chi connectivity index (χ2v) is 6.89. The fourth-order valence-electron chi connectivity index (χ4n) is 3.18. The molecule has 3 heterocycles. The number of rotatable bonds is 3. The van der Waals surface area contributed by atoms with Gasteiger partial charge in [-0.1, -0.05) is 25.4 Å². The zero-order valence-corrected chi connectivity index (χ0v) is 15.6. The molecule has 1 aromatic carbocycles. The molecule has 7 heteroatoms. The standard InChI is InChI=1S/C19H19ClN4O2/c1-11(2)17-22-23-18-15-8-12(10-21-19(15)26-7-6-24(17)18)14-9-13(20)4-5-16(14)25-3/h4-5,8-11H,6-7H2,1-3H3. The molecule has 0 fully saturated rings. The van der Waals surface area contributed by atoms with E-state index in [2.05, 4.69) is 33.6 Å². The molecule has 1 aliphatic heterocycles. The summed E-state index contributed by atoms with van der Waals surface area (Å²) in [7, 11) is 1.64. The van der Waals surface area contributed by atoms with E-state index in [1.165, 1.54) is 0 Å². The van der Waals surface area contributed by atoms with Gasteiger partial charge in [0.15, 0.2) is 5.82 Å². The number of nitrogens with zero attached hydrogens (tertiary/aromatic N) is 4. The summed E-state index contributed by atoms with van der Waals surface area (Å²) >= 11 is 6.19. The average Bonchev–Trinajstić information content (AvgIpc) is 2.98. The molecule has 0 aliphatic carbocycles. The molecule has 0 spiro atoms. The normalized spacial score (nSPS) is 13.0. The van der Waals surface area contributed by atoms with E-state index in [1.807, 2.05) is 18.2 Å². The molecule has 3 aromatic rings. The van der Waals surface area contributed by atoms with Crippen LogP contribution < -0.4 is 9.47 Å². The Kier molecular flexibility index (Phi) is 4.28. The van der Waals surface area contributed by atoms with Crippen molar-refractivity contribution in [3.05, 3.63) is 41.3 Å². The molecule has 1 aliphatic rings. The highest BCUT2D eigenvalue weighted by Gasteiger charge is 2.24. The van der Waals surface area contributed by atoms with E-state index < -0.39 is 0 Å². The van der Waals surface area contributed by atoms with Gasteiger partial charge in [-0.15, -0.1) is 10.2 Å². The van der Waals surface area contributed by atoms with Crippen LogP contribution in [0.4, 0.5) is 0 Å². The van der Waals surface area contributed by atoms with Crippen molar-refractivity contribution in [1.29, 1.82) is 0 Å². The van der Waals surface area contributed by atoms with Crippen molar-refractivity contribution >= 4 is 11.6 Å². The Morgan fingerprint density at radius 3 is 2.81 bits per heavy atom. The number of aromatic nitrogens is 4. The summed E-state index contributed by atoms with van der Waals surface area (Å²) in [5, 5.41) is 9.42. The van der Waals surface area contributed by atoms with Crippen molar-refractivity contribution in [2.45, 2.75) is 26.3 Å². The maximum Gasteiger partial charge on any atom is 0.224 e. The molecule has 0 atom stereocenters. The maximum absolute atomic E-state index is 6.19. The quantitative estimate of drug-likeness (QED) is 0.692. The highest BCUT2D eigenvalue weighted by molar-refractivity contribution is 6.31. The Bertz CT molecular complexity index is 968. The molecule has 6 nitrogen and oxygen atoms in total. The molecular formula is C19H19ClN4O2. The number of halogens is 1. The molecule has 0 amide bonds. The van der Waals surface area contributed by atoms with Crippen molar-refractivity contribution < 1.29 is 9.47 Å². The summed E-state index contributed by atoms with van der Waals surface area (Å²) in [5.41, 5.74) is 2.57. The van der Waals surface area contributed by atoms with Gasteiger partial charge in [-0.3, -0.25) is 0 Å². The minimum atomic E-state index is 0.280. The smallest absolute Gasteiger partial charge is 0.224 e. The monoisotopic (exact) mass is 370 g/mol. The second kappa shape index (κ2) is 6.61. The zero-order chi connectivity index (χ0) is 18.3. The number of ether oxygens (including phenoxy) is 2. The first-order chi connectivity index (χ1) is 12.6. The summed E-state index contributed by atoms with van der Waals surface area (Å²) in [4.78, 5) is 4.51. The summed E-state index contributed by atoms with van der Waals surface area (Å²) < 4.78 is 13.4. The summed E-state index contributed by atoms with van der Waals surface area (Å²) in [6.45, 7) is 5.44. The lowest BCUT2D eigenvalue weighted by molar-refractivity contribution is 0.293. The van der Waals surface area contributed by atoms with Crippen LogP contribution in [-0.4, -0.2) is 33.5 Å². The predicted molar refractivity (Wildman–Crippen MR) is 99.8 cm³/mol.